The highest BCUT2D eigenvalue weighted by Gasteiger charge is 2.26. The Labute approximate surface area is 132 Å². The fourth-order valence-electron chi connectivity index (χ4n) is 2.54. The first-order chi connectivity index (χ1) is 10.6. The second kappa shape index (κ2) is 6.27. The molecule has 0 aliphatic carbocycles. The fraction of sp³-hybridized carbons (Fsp3) is 0.312. The van der Waals surface area contributed by atoms with Crippen LogP contribution in [-0.4, -0.2) is 16.8 Å². The Hall–Kier alpha value is -2.21. The first kappa shape index (κ1) is 14.7. The van der Waals surface area contributed by atoms with E-state index in [1.54, 1.807) is 0 Å². The number of hydrogen-bond donors (Lipinski definition) is 2. The Morgan fingerprint density at radius 1 is 1.45 bits per heavy atom. The Bertz CT molecular complexity index is 711. The van der Waals surface area contributed by atoms with Crippen molar-refractivity contribution in [3.8, 4) is 0 Å². The van der Waals surface area contributed by atoms with Crippen LogP contribution in [0.4, 0.5) is 10.8 Å². The smallest absolute Gasteiger partial charge is 0.227 e. The lowest BCUT2D eigenvalue weighted by Gasteiger charge is -2.24. The van der Waals surface area contributed by atoms with Crippen molar-refractivity contribution in [3.05, 3.63) is 40.9 Å². The third-order valence-corrected chi connectivity index (χ3v) is 4.57. The lowest BCUT2D eigenvalue weighted by Crippen LogP contribution is -2.30. The maximum Gasteiger partial charge on any atom is 0.227 e. The van der Waals surface area contributed by atoms with Gasteiger partial charge in [-0.1, -0.05) is 18.2 Å². The summed E-state index contributed by atoms with van der Waals surface area (Å²) in [5, 5.41) is 8.18. The van der Waals surface area contributed by atoms with Crippen LogP contribution in [0.2, 0.25) is 0 Å². The largest absolute Gasteiger partial charge is 0.326 e. The molecule has 114 valence electrons. The van der Waals surface area contributed by atoms with Crippen molar-refractivity contribution in [3.63, 3.8) is 0 Å². The standard InChI is InChI=1S/C16H17N3O2S/c1-10-9-22-16(17-10)19-14(20)7-6-12-8-11-4-2-3-5-13(11)18-15(12)21/h2-5,9,12H,6-8H2,1H3,(H,18,21)(H,17,19,20)/t12-/m1/s1. The zero-order valence-corrected chi connectivity index (χ0v) is 13.1. The van der Waals surface area contributed by atoms with Gasteiger partial charge in [0.1, 0.15) is 0 Å². The van der Waals surface area contributed by atoms with Gasteiger partial charge in [0.05, 0.1) is 5.69 Å². The van der Waals surface area contributed by atoms with E-state index in [4.69, 9.17) is 0 Å². The summed E-state index contributed by atoms with van der Waals surface area (Å²) in [6, 6.07) is 7.79. The van der Waals surface area contributed by atoms with E-state index in [2.05, 4.69) is 15.6 Å². The van der Waals surface area contributed by atoms with E-state index in [0.717, 1.165) is 16.9 Å². The number of amides is 2. The molecule has 1 atom stereocenters. The summed E-state index contributed by atoms with van der Waals surface area (Å²) in [7, 11) is 0. The van der Waals surface area contributed by atoms with Gasteiger partial charge in [-0.25, -0.2) is 4.98 Å². The number of para-hydroxylation sites is 1. The molecule has 6 heteroatoms. The van der Waals surface area contributed by atoms with Crippen LogP contribution in [-0.2, 0) is 16.0 Å². The van der Waals surface area contributed by atoms with Gasteiger partial charge in [-0.05, 0) is 31.4 Å². The number of fused-ring (bicyclic) bond motifs is 1. The van der Waals surface area contributed by atoms with Crippen LogP contribution in [0.25, 0.3) is 0 Å². The minimum atomic E-state index is -0.154. The van der Waals surface area contributed by atoms with E-state index in [-0.39, 0.29) is 17.7 Å². The van der Waals surface area contributed by atoms with E-state index in [1.807, 2.05) is 36.6 Å². The van der Waals surface area contributed by atoms with Crippen LogP contribution >= 0.6 is 11.3 Å². The molecule has 1 aliphatic heterocycles. The molecule has 2 heterocycles. The predicted molar refractivity (Wildman–Crippen MR) is 87.0 cm³/mol. The molecular formula is C16H17N3O2S. The summed E-state index contributed by atoms with van der Waals surface area (Å²) < 4.78 is 0. The van der Waals surface area contributed by atoms with Gasteiger partial charge in [0.15, 0.2) is 5.13 Å². The molecule has 0 fully saturated rings. The highest BCUT2D eigenvalue weighted by atomic mass is 32.1. The first-order valence-corrected chi connectivity index (χ1v) is 8.10. The molecule has 1 aromatic carbocycles. The molecule has 0 unspecified atom stereocenters. The number of carbonyl (C=O) groups excluding carboxylic acids is 2. The zero-order chi connectivity index (χ0) is 15.5. The number of aryl methyl sites for hydroxylation is 1. The fourth-order valence-corrected chi connectivity index (χ4v) is 3.25. The topological polar surface area (TPSA) is 71.1 Å². The third kappa shape index (κ3) is 3.33. The third-order valence-electron chi connectivity index (χ3n) is 3.70. The van der Waals surface area contributed by atoms with Crippen molar-refractivity contribution in [1.29, 1.82) is 0 Å². The lowest BCUT2D eigenvalue weighted by molar-refractivity contribution is -0.121. The highest BCUT2D eigenvalue weighted by molar-refractivity contribution is 7.13. The number of nitrogens with zero attached hydrogens (tertiary/aromatic N) is 1. The molecule has 0 saturated carbocycles. The van der Waals surface area contributed by atoms with Crippen molar-refractivity contribution in [2.24, 2.45) is 5.92 Å². The summed E-state index contributed by atoms with van der Waals surface area (Å²) in [6.45, 7) is 1.88. The molecule has 1 aliphatic rings. The van der Waals surface area contributed by atoms with Crippen molar-refractivity contribution >= 4 is 34.0 Å². The number of rotatable bonds is 4. The molecule has 2 aromatic rings. The second-order valence-corrected chi connectivity index (χ2v) is 6.29. The number of aromatic nitrogens is 1. The van der Waals surface area contributed by atoms with Crippen LogP contribution < -0.4 is 10.6 Å². The molecule has 2 N–H and O–H groups in total. The van der Waals surface area contributed by atoms with Crippen molar-refractivity contribution < 1.29 is 9.59 Å². The van der Waals surface area contributed by atoms with E-state index in [9.17, 15) is 9.59 Å². The van der Waals surface area contributed by atoms with Crippen LogP contribution in [0.15, 0.2) is 29.6 Å². The summed E-state index contributed by atoms with van der Waals surface area (Å²) in [5.41, 5.74) is 2.90. The molecule has 0 radical (unpaired) electrons. The highest BCUT2D eigenvalue weighted by Crippen LogP contribution is 2.27. The molecule has 0 bridgehead atoms. The van der Waals surface area contributed by atoms with E-state index in [1.165, 1.54) is 11.3 Å². The zero-order valence-electron chi connectivity index (χ0n) is 12.3. The maximum atomic E-state index is 12.1. The van der Waals surface area contributed by atoms with E-state index < -0.39 is 0 Å². The lowest BCUT2D eigenvalue weighted by atomic mass is 9.89. The normalized spacial score (nSPS) is 16.8. The van der Waals surface area contributed by atoms with Gasteiger partial charge in [0.25, 0.3) is 0 Å². The van der Waals surface area contributed by atoms with Gasteiger partial charge in [0, 0.05) is 23.4 Å². The molecule has 1 aromatic heterocycles. The van der Waals surface area contributed by atoms with Crippen LogP contribution in [0.1, 0.15) is 24.1 Å². The van der Waals surface area contributed by atoms with Gasteiger partial charge in [-0.3, -0.25) is 9.59 Å². The minimum Gasteiger partial charge on any atom is -0.326 e. The van der Waals surface area contributed by atoms with Crippen LogP contribution in [0, 0.1) is 12.8 Å². The average Bonchev–Trinajstić information content (AvgIpc) is 2.90. The average molecular weight is 315 g/mol. The molecule has 2 amide bonds. The maximum absolute atomic E-state index is 12.1. The minimum absolute atomic E-state index is 0.00315. The van der Waals surface area contributed by atoms with Crippen molar-refractivity contribution in [2.45, 2.75) is 26.2 Å². The Kier molecular flexibility index (Phi) is 4.20. The molecule has 3 rings (SSSR count). The number of nitrogens with one attached hydrogen (secondary N) is 2. The molecule has 22 heavy (non-hydrogen) atoms. The summed E-state index contributed by atoms with van der Waals surface area (Å²) >= 11 is 1.41. The molecular weight excluding hydrogens is 298 g/mol. The Morgan fingerprint density at radius 3 is 3.05 bits per heavy atom. The van der Waals surface area contributed by atoms with Gasteiger partial charge in [-0.15, -0.1) is 11.3 Å². The van der Waals surface area contributed by atoms with Gasteiger partial charge in [-0.2, -0.15) is 0 Å². The molecule has 0 saturated heterocycles. The van der Waals surface area contributed by atoms with Gasteiger partial charge < -0.3 is 10.6 Å². The number of carbonyl (C=O) groups is 2. The SMILES string of the molecule is Cc1csc(NC(=O)CC[C@@H]2Cc3ccccc3NC2=O)n1. The number of thiazole rings is 1. The quantitative estimate of drug-likeness (QED) is 0.911. The van der Waals surface area contributed by atoms with Crippen molar-refractivity contribution in [1.82, 2.24) is 4.98 Å². The Morgan fingerprint density at radius 2 is 2.27 bits per heavy atom. The van der Waals surface area contributed by atoms with Gasteiger partial charge >= 0.3 is 0 Å². The van der Waals surface area contributed by atoms with Crippen LogP contribution in [0.5, 0.6) is 0 Å². The Balaban J connectivity index is 1.55. The first-order valence-electron chi connectivity index (χ1n) is 7.22. The number of anilines is 2. The molecule has 5 nitrogen and oxygen atoms in total. The second-order valence-electron chi connectivity index (χ2n) is 5.43. The van der Waals surface area contributed by atoms with Crippen LogP contribution in [0.3, 0.4) is 0 Å². The number of hydrogen-bond acceptors (Lipinski definition) is 4. The van der Waals surface area contributed by atoms with Gasteiger partial charge in [0.2, 0.25) is 11.8 Å². The predicted octanol–water partition coefficient (Wildman–Crippen LogP) is 2.98. The van der Waals surface area contributed by atoms with E-state index >= 15 is 0 Å². The summed E-state index contributed by atoms with van der Waals surface area (Å²) in [5.74, 6) is -0.253. The summed E-state index contributed by atoms with van der Waals surface area (Å²) in [4.78, 5) is 28.2. The molecule has 0 spiro atoms. The number of benzene rings is 1. The van der Waals surface area contributed by atoms with Crippen molar-refractivity contribution in [2.75, 3.05) is 10.6 Å². The summed E-state index contributed by atoms with van der Waals surface area (Å²) in [6.07, 6.45) is 1.54. The monoisotopic (exact) mass is 315 g/mol. The van der Waals surface area contributed by atoms with E-state index in [0.29, 0.717) is 24.4 Å².